The van der Waals surface area contributed by atoms with Gasteiger partial charge in [-0.3, -0.25) is 9.47 Å². The minimum absolute atomic E-state index is 0.0343. The van der Waals surface area contributed by atoms with Crippen LogP contribution >= 0.6 is 0 Å². The van der Waals surface area contributed by atoms with Crippen molar-refractivity contribution in [2.24, 2.45) is 0 Å². The van der Waals surface area contributed by atoms with E-state index >= 15 is 8.78 Å². The summed E-state index contributed by atoms with van der Waals surface area (Å²) in [7, 11) is 1.73. The minimum atomic E-state index is -1.24. The van der Waals surface area contributed by atoms with Crippen LogP contribution in [-0.4, -0.2) is 24.2 Å². The third kappa shape index (κ3) is 4.12. The van der Waals surface area contributed by atoms with Gasteiger partial charge in [0.05, 0.1) is 10.9 Å². The average Bonchev–Trinajstić information content (AvgIpc) is 2.88. The number of hydrogen-bond acceptors (Lipinski definition) is 5. The minimum Gasteiger partial charge on any atom is -0.485 e. The molecular formula is C27H22F2N2O4. The first-order valence-electron chi connectivity index (χ1n) is 11.1. The van der Waals surface area contributed by atoms with E-state index in [1.807, 2.05) is 24.3 Å². The largest absolute Gasteiger partial charge is 0.485 e. The van der Waals surface area contributed by atoms with Crippen LogP contribution in [0.1, 0.15) is 27.0 Å². The summed E-state index contributed by atoms with van der Waals surface area (Å²) in [5.74, 6) is -3.67. The number of carbonyl (C=O) groups excluding carboxylic acids is 1. The second kappa shape index (κ2) is 9.21. The van der Waals surface area contributed by atoms with Crippen molar-refractivity contribution in [2.75, 3.05) is 18.6 Å². The van der Waals surface area contributed by atoms with Crippen molar-refractivity contribution in [1.29, 1.82) is 0 Å². The summed E-state index contributed by atoms with van der Waals surface area (Å²) in [6.07, 6.45) is 1.52. The van der Waals surface area contributed by atoms with Crippen LogP contribution in [0.2, 0.25) is 0 Å². The van der Waals surface area contributed by atoms with E-state index in [1.165, 1.54) is 10.9 Å². The molecule has 0 saturated heterocycles. The van der Waals surface area contributed by atoms with E-state index < -0.39 is 28.8 Å². The molecule has 0 bridgehead atoms. The lowest BCUT2D eigenvalue weighted by Crippen LogP contribution is -2.39. The smallest absolute Gasteiger partial charge is 0.344 e. The predicted octanol–water partition coefficient (Wildman–Crippen LogP) is 4.34. The lowest BCUT2D eigenvalue weighted by molar-refractivity contribution is 0.0470. The fourth-order valence-corrected chi connectivity index (χ4v) is 4.24. The highest BCUT2D eigenvalue weighted by Crippen LogP contribution is 2.35. The molecule has 0 radical (unpaired) electrons. The molecular weight excluding hydrogens is 454 g/mol. The van der Waals surface area contributed by atoms with Crippen molar-refractivity contribution in [3.05, 3.63) is 111 Å². The third-order valence-corrected chi connectivity index (χ3v) is 6.07. The van der Waals surface area contributed by atoms with Gasteiger partial charge in [0.25, 0.3) is 0 Å². The lowest BCUT2D eigenvalue weighted by atomic mass is 10.0. The fourth-order valence-electron chi connectivity index (χ4n) is 4.24. The molecule has 0 amide bonds. The third-order valence-electron chi connectivity index (χ3n) is 6.07. The fraction of sp³-hybridized carbons (Fsp3) is 0.185. The van der Waals surface area contributed by atoms with E-state index in [2.05, 4.69) is 0 Å². The van der Waals surface area contributed by atoms with E-state index in [0.717, 1.165) is 5.56 Å². The summed E-state index contributed by atoms with van der Waals surface area (Å²) in [5.41, 5.74) is 0.667. The molecule has 3 aromatic carbocycles. The maximum atomic E-state index is 15.2. The van der Waals surface area contributed by atoms with Crippen LogP contribution < -0.4 is 15.2 Å². The molecule has 0 unspecified atom stereocenters. The molecule has 1 aliphatic heterocycles. The molecule has 1 aliphatic rings. The van der Waals surface area contributed by atoms with Crippen molar-refractivity contribution in [3.8, 4) is 5.75 Å². The van der Waals surface area contributed by atoms with Crippen molar-refractivity contribution in [2.45, 2.75) is 19.6 Å². The number of halogens is 2. The van der Waals surface area contributed by atoms with Crippen LogP contribution in [-0.2, 0) is 24.4 Å². The van der Waals surface area contributed by atoms with Crippen molar-refractivity contribution < 1.29 is 23.0 Å². The van der Waals surface area contributed by atoms with Gasteiger partial charge < -0.3 is 14.5 Å². The summed E-state index contributed by atoms with van der Waals surface area (Å²) in [4.78, 5) is 26.5. The standard InChI is InChI=1S/C27H22F2N2O4/c1-30-13-12-19-22(28)23(29)26(34-15-17-8-4-2-5-9-17)21-24(19)31(30)14-20(25(21)32)27(33)35-16-18-10-6-3-7-11-18/h2-11,14H,12-13,15-16H2,1H3. The Morgan fingerprint density at radius 2 is 1.57 bits per heavy atom. The number of esters is 1. The van der Waals surface area contributed by atoms with Crippen molar-refractivity contribution >= 4 is 16.9 Å². The Balaban J connectivity index is 1.63. The number of aromatic nitrogens is 1. The molecule has 1 aromatic heterocycles. The van der Waals surface area contributed by atoms with Crippen LogP contribution in [0, 0.1) is 11.6 Å². The number of pyridine rings is 1. The molecule has 0 N–H and O–H groups in total. The number of ether oxygens (including phenoxy) is 2. The van der Waals surface area contributed by atoms with Gasteiger partial charge in [0, 0.05) is 25.4 Å². The zero-order valence-electron chi connectivity index (χ0n) is 19.0. The van der Waals surface area contributed by atoms with Crippen LogP contribution in [0.25, 0.3) is 10.9 Å². The SMILES string of the molecule is CN1CCc2c(F)c(F)c(OCc3ccccc3)c3c(=O)c(C(=O)OCc4ccccc4)cn1c23. The number of hydrogen-bond donors (Lipinski definition) is 0. The summed E-state index contributed by atoms with van der Waals surface area (Å²) in [5, 5.41) is 1.54. The molecule has 8 heteroatoms. The van der Waals surface area contributed by atoms with Crippen LogP contribution in [0.5, 0.6) is 5.75 Å². The Kier molecular flexibility index (Phi) is 5.94. The highest BCUT2D eigenvalue weighted by molar-refractivity contribution is 5.97. The van der Waals surface area contributed by atoms with Gasteiger partial charge in [0.2, 0.25) is 11.2 Å². The summed E-state index contributed by atoms with van der Waals surface area (Å²) >= 11 is 0. The van der Waals surface area contributed by atoms with Gasteiger partial charge in [-0.25, -0.2) is 9.18 Å². The summed E-state index contributed by atoms with van der Waals surface area (Å²) in [6.45, 7) is 0.251. The molecule has 2 heterocycles. The highest BCUT2D eigenvalue weighted by atomic mass is 19.2. The van der Waals surface area contributed by atoms with Crippen LogP contribution in [0.15, 0.2) is 71.7 Å². The number of benzene rings is 3. The molecule has 0 spiro atoms. The van der Waals surface area contributed by atoms with E-state index in [4.69, 9.17) is 9.47 Å². The van der Waals surface area contributed by atoms with E-state index in [1.54, 1.807) is 48.5 Å². The number of nitrogens with zero attached hydrogens (tertiary/aromatic N) is 2. The Bertz CT molecular complexity index is 1470. The average molecular weight is 476 g/mol. The van der Waals surface area contributed by atoms with Crippen molar-refractivity contribution in [3.63, 3.8) is 0 Å². The Morgan fingerprint density at radius 3 is 2.23 bits per heavy atom. The van der Waals surface area contributed by atoms with Gasteiger partial charge >= 0.3 is 5.97 Å². The first-order valence-corrected chi connectivity index (χ1v) is 11.1. The van der Waals surface area contributed by atoms with E-state index in [9.17, 15) is 9.59 Å². The summed E-state index contributed by atoms with van der Waals surface area (Å²) in [6, 6.07) is 18.0. The molecule has 0 atom stereocenters. The second-order valence-corrected chi connectivity index (χ2v) is 8.34. The highest BCUT2D eigenvalue weighted by Gasteiger charge is 2.31. The molecule has 4 aromatic rings. The molecule has 5 rings (SSSR count). The quantitative estimate of drug-likeness (QED) is 0.388. The zero-order chi connectivity index (χ0) is 24.5. The molecule has 178 valence electrons. The van der Waals surface area contributed by atoms with Crippen molar-refractivity contribution in [1.82, 2.24) is 4.68 Å². The van der Waals surface area contributed by atoms with Gasteiger partial charge in [0.15, 0.2) is 11.6 Å². The Morgan fingerprint density at radius 1 is 0.943 bits per heavy atom. The molecule has 0 saturated carbocycles. The van der Waals surface area contributed by atoms with Gasteiger partial charge in [0.1, 0.15) is 18.8 Å². The molecule has 0 aliphatic carbocycles. The number of likely N-dealkylation sites (N-methyl/N-ethyl adjacent to an activating group) is 1. The molecule has 6 nitrogen and oxygen atoms in total. The predicted molar refractivity (Wildman–Crippen MR) is 127 cm³/mol. The number of rotatable bonds is 6. The van der Waals surface area contributed by atoms with Crippen LogP contribution in [0.4, 0.5) is 8.78 Å². The first-order chi connectivity index (χ1) is 17.0. The van der Waals surface area contributed by atoms with Gasteiger partial charge in [-0.15, -0.1) is 0 Å². The van der Waals surface area contributed by atoms with E-state index in [-0.39, 0.29) is 41.7 Å². The second-order valence-electron chi connectivity index (χ2n) is 8.34. The topological polar surface area (TPSA) is 60.8 Å². The Labute approximate surface area is 199 Å². The maximum absolute atomic E-state index is 15.2. The Hall–Kier alpha value is -4.20. The molecule has 0 fully saturated rings. The summed E-state index contributed by atoms with van der Waals surface area (Å²) < 4.78 is 42.9. The van der Waals surface area contributed by atoms with Gasteiger partial charge in [-0.1, -0.05) is 60.7 Å². The molecule has 35 heavy (non-hydrogen) atoms. The lowest BCUT2D eigenvalue weighted by Gasteiger charge is -2.31. The maximum Gasteiger partial charge on any atom is 0.344 e. The number of carbonyl (C=O) groups is 1. The first kappa shape index (κ1) is 22.6. The van der Waals surface area contributed by atoms with Gasteiger partial charge in [-0.2, -0.15) is 4.39 Å². The monoisotopic (exact) mass is 476 g/mol. The van der Waals surface area contributed by atoms with E-state index in [0.29, 0.717) is 12.1 Å². The van der Waals surface area contributed by atoms with Gasteiger partial charge in [-0.05, 0) is 17.5 Å². The zero-order valence-corrected chi connectivity index (χ0v) is 19.0. The van der Waals surface area contributed by atoms with Crippen LogP contribution in [0.3, 0.4) is 0 Å². The normalized spacial score (nSPS) is 12.6.